The van der Waals surface area contributed by atoms with E-state index < -0.39 is 8.77 Å². The predicted molar refractivity (Wildman–Crippen MR) is 75.4 cm³/mol. The number of aryl methyl sites for hydroxylation is 1. The number of hydrogen-bond acceptors (Lipinski definition) is 3. The topological polar surface area (TPSA) is 35.5 Å². The molecule has 1 rings (SSSR count). The molecule has 112 valence electrons. The van der Waals surface area contributed by atoms with Crippen LogP contribution in [0.3, 0.4) is 0 Å². The van der Waals surface area contributed by atoms with Gasteiger partial charge in [-0.05, 0) is 23.5 Å². The van der Waals surface area contributed by atoms with Crippen LogP contribution in [0.4, 0.5) is 8.39 Å². The highest BCUT2D eigenvalue weighted by Gasteiger charge is 2.24. The van der Waals surface area contributed by atoms with E-state index in [1.807, 2.05) is 20.8 Å². The summed E-state index contributed by atoms with van der Waals surface area (Å²) in [5.74, 6) is -0.154. The maximum atomic E-state index is 12.6. The fourth-order valence-corrected chi connectivity index (χ4v) is 2.32. The average Bonchev–Trinajstić information content (AvgIpc) is 2.30. The number of ether oxygens (including phenoxy) is 1. The lowest BCUT2D eigenvalue weighted by molar-refractivity contribution is -0.139. The third-order valence-corrected chi connectivity index (χ3v) is 3.20. The van der Waals surface area contributed by atoms with Gasteiger partial charge in [-0.25, -0.2) is 0 Å². The largest absolute Gasteiger partial charge is 0.481 e. The van der Waals surface area contributed by atoms with Gasteiger partial charge in [-0.3, -0.25) is 4.79 Å². The Balaban J connectivity index is 3.29. The van der Waals surface area contributed by atoms with Gasteiger partial charge >= 0.3 is 14.7 Å². The van der Waals surface area contributed by atoms with Crippen molar-refractivity contribution in [2.75, 3.05) is 7.11 Å². The van der Waals surface area contributed by atoms with Crippen molar-refractivity contribution in [3.8, 4) is 5.75 Å². The highest BCUT2D eigenvalue weighted by molar-refractivity contribution is 7.41. The molecule has 0 aliphatic heterocycles. The second-order valence-electron chi connectivity index (χ2n) is 5.59. The first kappa shape index (κ1) is 16.8. The minimum Gasteiger partial charge on any atom is -0.469 e. The molecule has 0 aromatic heterocycles. The van der Waals surface area contributed by atoms with Gasteiger partial charge in [-0.1, -0.05) is 32.9 Å². The molecular weight excluding hydrogens is 285 g/mol. The monoisotopic (exact) mass is 304 g/mol. The van der Waals surface area contributed by atoms with Crippen LogP contribution in [-0.4, -0.2) is 13.1 Å². The first-order valence-electron chi connectivity index (χ1n) is 6.15. The molecule has 0 radical (unpaired) electrons. The number of benzene rings is 1. The summed E-state index contributed by atoms with van der Waals surface area (Å²) in [7, 11) is -2.16. The van der Waals surface area contributed by atoms with Crippen molar-refractivity contribution in [3.63, 3.8) is 0 Å². The van der Waals surface area contributed by atoms with Crippen molar-refractivity contribution in [2.45, 2.75) is 39.5 Å². The summed E-state index contributed by atoms with van der Waals surface area (Å²) in [6.45, 7) is 7.43. The molecule has 0 aliphatic rings. The lowest BCUT2D eigenvalue weighted by Gasteiger charge is -2.24. The smallest absolute Gasteiger partial charge is 0.469 e. The quantitative estimate of drug-likeness (QED) is 0.604. The van der Waals surface area contributed by atoms with Gasteiger partial charge in [0.1, 0.15) is 5.75 Å². The molecule has 0 saturated heterocycles. The van der Waals surface area contributed by atoms with Gasteiger partial charge in [0.05, 0.1) is 13.5 Å². The number of halogens is 2. The summed E-state index contributed by atoms with van der Waals surface area (Å²) in [6, 6.07) is 3.42. The standard InChI is InChI=1S/C14H19F2O3P/c1-9-6-10(8-12(17)18-5)7-11(14(2,3)4)13(9)19-20(15)16/h6-7H,8H2,1-5H3. The Bertz CT molecular complexity index is 496. The van der Waals surface area contributed by atoms with Crippen LogP contribution in [0.15, 0.2) is 12.1 Å². The molecule has 1 aromatic carbocycles. The molecule has 0 saturated carbocycles. The third-order valence-electron chi connectivity index (χ3n) is 2.88. The summed E-state index contributed by atoms with van der Waals surface area (Å²) in [4.78, 5) is 11.3. The van der Waals surface area contributed by atoms with E-state index in [0.29, 0.717) is 11.1 Å². The summed E-state index contributed by atoms with van der Waals surface area (Å²) in [6.07, 6.45) is 0.112. The van der Waals surface area contributed by atoms with Crippen LogP contribution in [-0.2, 0) is 21.4 Å². The van der Waals surface area contributed by atoms with Gasteiger partial charge in [0.25, 0.3) is 0 Å². The normalized spacial score (nSPS) is 11.6. The summed E-state index contributed by atoms with van der Waals surface area (Å²) in [5, 5.41) is 0. The van der Waals surface area contributed by atoms with Crippen LogP contribution in [0.25, 0.3) is 0 Å². The molecule has 0 atom stereocenters. The van der Waals surface area contributed by atoms with Crippen LogP contribution >= 0.6 is 8.77 Å². The predicted octanol–water partition coefficient (Wildman–Crippen LogP) is 4.55. The molecule has 0 heterocycles. The maximum Gasteiger partial charge on any atom is 0.481 e. The van der Waals surface area contributed by atoms with Crippen molar-refractivity contribution >= 4 is 14.7 Å². The van der Waals surface area contributed by atoms with E-state index >= 15 is 0 Å². The molecular formula is C14H19F2O3P. The second kappa shape index (κ2) is 6.49. The first-order valence-corrected chi connectivity index (χ1v) is 7.19. The van der Waals surface area contributed by atoms with Gasteiger partial charge < -0.3 is 9.26 Å². The Morgan fingerprint density at radius 2 is 1.90 bits per heavy atom. The van der Waals surface area contributed by atoms with Gasteiger partial charge in [-0.15, -0.1) is 8.39 Å². The Morgan fingerprint density at radius 1 is 1.30 bits per heavy atom. The zero-order valence-corrected chi connectivity index (χ0v) is 13.2. The average molecular weight is 304 g/mol. The van der Waals surface area contributed by atoms with Crippen LogP contribution in [0.2, 0.25) is 0 Å². The molecule has 1 aromatic rings. The number of esters is 1. The lowest BCUT2D eigenvalue weighted by atomic mass is 9.84. The Morgan fingerprint density at radius 3 is 2.35 bits per heavy atom. The van der Waals surface area contributed by atoms with E-state index in [2.05, 4.69) is 4.74 Å². The molecule has 0 spiro atoms. The van der Waals surface area contributed by atoms with Crippen LogP contribution < -0.4 is 4.52 Å². The Hall–Kier alpha value is -1.22. The Labute approximate surface area is 119 Å². The van der Waals surface area contributed by atoms with Crippen molar-refractivity contribution in [3.05, 3.63) is 28.8 Å². The molecule has 20 heavy (non-hydrogen) atoms. The van der Waals surface area contributed by atoms with Crippen molar-refractivity contribution in [1.29, 1.82) is 0 Å². The second-order valence-corrected chi connectivity index (χ2v) is 6.17. The van der Waals surface area contributed by atoms with Gasteiger partial charge in [0.15, 0.2) is 0 Å². The molecule has 0 N–H and O–H groups in total. The number of hydrogen-bond donors (Lipinski definition) is 0. The van der Waals surface area contributed by atoms with Gasteiger partial charge in [0.2, 0.25) is 0 Å². The third kappa shape index (κ3) is 4.41. The first-order chi connectivity index (χ1) is 9.15. The number of carbonyl (C=O) groups excluding carboxylic acids is 1. The lowest BCUT2D eigenvalue weighted by Crippen LogP contribution is -2.15. The molecule has 0 fully saturated rings. The number of carbonyl (C=O) groups is 1. The molecule has 0 aliphatic carbocycles. The maximum absolute atomic E-state index is 12.6. The Kier molecular flexibility index (Phi) is 5.46. The van der Waals surface area contributed by atoms with E-state index in [1.54, 1.807) is 19.1 Å². The van der Waals surface area contributed by atoms with E-state index in [4.69, 9.17) is 4.52 Å². The van der Waals surface area contributed by atoms with Crippen molar-refractivity contribution < 1.29 is 22.4 Å². The summed E-state index contributed by atoms with van der Waals surface area (Å²) < 4.78 is 34.5. The SMILES string of the molecule is COC(=O)Cc1cc(C)c(OP(F)F)c(C(C)(C)C)c1. The van der Waals surface area contributed by atoms with Gasteiger partial charge in [-0.2, -0.15) is 0 Å². The van der Waals surface area contributed by atoms with E-state index in [0.717, 1.165) is 5.56 Å². The number of methoxy groups -OCH3 is 1. The fourth-order valence-electron chi connectivity index (χ4n) is 1.94. The van der Waals surface area contributed by atoms with E-state index in [1.165, 1.54) is 7.11 Å². The zero-order chi connectivity index (χ0) is 15.5. The van der Waals surface area contributed by atoms with E-state index in [-0.39, 0.29) is 23.6 Å². The van der Waals surface area contributed by atoms with Crippen molar-refractivity contribution in [1.82, 2.24) is 0 Å². The highest BCUT2D eigenvalue weighted by Crippen LogP contribution is 2.46. The van der Waals surface area contributed by atoms with Crippen LogP contribution in [0.1, 0.15) is 37.5 Å². The van der Waals surface area contributed by atoms with Crippen LogP contribution in [0.5, 0.6) is 5.75 Å². The van der Waals surface area contributed by atoms with E-state index in [9.17, 15) is 13.2 Å². The molecule has 0 unspecified atom stereocenters. The molecule has 3 nitrogen and oxygen atoms in total. The summed E-state index contributed by atoms with van der Waals surface area (Å²) in [5.41, 5.74) is 1.63. The molecule has 0 bridgehead atoms. The minimum atomic E-state index is -3.48. The van der Waals surface area contributed by atoms with Crippen molar-refractivity contribution in [2.24, 2.45) is 0 Å². The summed E-state index contributed by atoms with van der Waals surface area (Å²) >= 11 is 0. The molecule has 6 heteroatoms. The van der Waals surface area contributed by atoms with Gasteiger partial charge in [0, 0.05) is 5.56 Å². The minimum absolute atomic E-state index is 0.112. The highest BCUT2D eigenvalue weighted by atomic mass is 31.2. The molecule has 0 amide bonds. The number of rotatable bonds is 4. The zero-order valence-electron chi connectivity index (χ0n) is 12.3. The van der Waals surface area contributed by atoms with Crippen LogP contribution in [0, 0.1) is 6.92 Å². The fraction of sp³-hybridized carbons (Fsp3) is 0.500.